The first-order chi connectivity index (χ1) is 10.9. The Hall–Kier alpha value is -2.25. The Kier molecular flexibility index (Phi) is 5.12. The van der Waals surface area contributed by atoms with Gasteiger partial charge in [-0.2, -0.15) is 0 Å². The second-order valence-corrected chi connectivity index (χ2v) is 5.88. The summed E-state index contributed by atoms with van der Waals surface area (Å²) in [6, 6.07) is 3.98. The van der Waals surface area contributed by atoms with Crippen molar-refractivity contribution in [2.45, 2.75) is 51.4 Å². The average molecular weight is 287 g/mol. The maximum absolute atomic E-state index is 4.40. The van der Waals surface area contributed by atoms with E-state index in [0.717, 1.165) is 24.1 Å². The largest absolute Gasteiger partial charge is 0.246 e. The van der Waals surface area contributed by atoms with Gasteiger partial charge >= 0.3 is 0 Å². The zero-order chi connectivity index (χ0) is 15.0. The molecule has 0 bridgehead atoms. The molecule has 0 saturated carbocycles. The van der Waals surface area contributed by atoms with Crippen molar-refractivity contribution in [2.24, 2.45) is 0 Å². The standard InChI is InChI=1S/C21H21N/c1-3-7-18(8-4-1)11-12-20-14-16-21(22-17-20)15-13-19-9-5-2-6-10-19/h7,9,14,16-17H,1-6,8,10H2. The van der Waals surface area contributed by atoms with E-state index < -0.39 is 0 Å². The highest BCUT2D eigenvalue weighted by Crippen LogP contribution is 2.17. The van der Waals surface area contributed by atoms with Gasteiger partial charge in [0.2, 0.25) is 0 Å². The molecule has 1 heteroatoms. The first-order valence-electron chi connectivity index (χ1n) is 8.28. The first-order valence-corrected chi connectivity index (χ1v) is 8.28. The minimum Gasteiger partial charge on any atom is -0.246 e. The van der Waals surface area contributed by atoms with Crippen LogP contribution in [0, 0.1) is 23.7 Å². The van der Waals surface area contributed by atoms with Crippen molar-refractivity contribution in [3.05, 3.63) is 52.9 Å². The molecule has 0 atom stereocenters. The van der Waals surface area contributed by atoms with Crippen LogP contribution >= 0.6 is 0 Å². The number of allylic oxidation sites excluding steroid dienone is 4. The van der Waals surface area contributed by atoms with E-state index in [1.54, 1.807) is 0 Å². The maximum atomic E-state index is 4.40. The van der Waals surface area contributed by atoms with Crippen LogP contribution < -0.4 is 0 Å². The molecule has 22 heavy (non-hydrogen) atoms. The monoisotopic (exact) mass is 287 g/mol. The Balaban J connectivity index is 1.65. The molecule has 1 aromatic heterocycles. The molecular weight excluding hydrogens is 266 g/mol. The topological polar surface area (TPSA) is 12.9 Å². The normalized spacial score (nSPS) is 17.3. The molecule has 0 aromatic carbocycles. The van der Waals surface area contributed by atoms with Gasteiger partial charge in [0.25, 0.3) is 0 Å². The van der Waals surface area contributed by atoms with Crippen molar-refractivity contribution in [3.63, 3.8) is 0 Å². The van der Waals surface area contributed by atoms with Gasteiger partial charge in [-0.1, -0.05) is 29.9 Å². The fourth-order valence-electron chi connectivity index (χ4n) is 2.74. The molecule has 1 heterocycles. The second-order valence-electron chi connectivity index (χ2n) is 5.88. The molecule has 0 N–H and O–H groups in total. The van der Waals surface area contributed by atoms with Gasteiger partial charge in [-0.05, 0) is 80.6 Å². The Labute approximate surface area is 133 Å². The lowest BCUT2D eigenvalue weighted by Gasteiger charge is -2.05. The van der Waals surface area contributed by atoms with Gasteiger partial charge in [0.15, 0.2) is 0 Å². The van der Waals surface area contributed by atoms with Crippen LogP contribution in [0.5, 0.6) is 0 Å². The molecule has 0 spiro atoms. The van der Waals surface area contributed by atoms with Gasteiger partial charge in [0.1, 0.15) is 5.69 Å². The molecule has 1 nitrogen and oxygen atoms in total. The Morgan fingerprint density at radius 1 is 0.727 bits per heavy atom. The van der Waals surface area contributed by atoms with Crippen LogP contribution in [0.4, 0.5) is 0 Å². The molecule has 110 valence electrons. The lowest BCUT2D eigenvalue weighted by Crippen LogP contribution is -1.90. The lowest BCUT2D eigenvalue weighted by atomic mass is 10.00. The van der Waals surface area contributed by atoms with E-state index in [1.165, 1.54) is 49.7 Å². The fraction of sp³-hybridized carbons (Fsp3) is 0.381. The molecule has 0 radical (unpaired) electrons. The number of nitrogens with zero attached hydrogens (tertiary/aromatic N) is 1. The SMILES string of the molecule is C(#Cc1ccc(C#CC2=CCCCC2)nc1)C1=CCCCC1. The number of rotatable bonds is 0. The van der Waals surface area contributed by atoms with Crippen molar-refractivity contribution in [1.29, 1.82) is 0 Å². The molecule has 0 aliphatic heterocycles. The summed E-state index contributed by atoms with van der Waals surface area (Å²) in [6.45, 7) is 0. The highest BCUT2D eigenvalue weighted by Gasteiger charge is 2.00. The summed E-state index contributed by atoms with van der Waals surface area (Å²) in [5.41, 5.74) is 4.34. The number of aromatic nitrogens is 1. The van der Waals surface area contributed by atoms with Crippen LogP contribution in [0.15, 0.2) is 41.6 Å². The molecule has 2 aliphatic rings. The maximum Gasteiger partial charge on any atom is 0.113 e. The van der Waals surface area contributed by atoms with Gasteiger partial charge in [-0.15, -0.1) is 0 Å². The summed E-state index contributed by atoms with van der Waals surface area (Å²) in [6.07, 6.45) is 16.1. The van der Waals surface area contributed by atoms with Crippen LogP contribution in [-0.2, 0) is 0 Å². The Morgan fingerprint density at radius 3 is 1.95 bits per heavy atom. The molecule has 0 amide bonds. The van der Waals surface area contributed by atoms with E-state index >= 15 is 0 Å². The second kappa shape index (κ2) is 7.67. The summed E-state index contributed by atoms with van der Waals surface area (Å²) in [7, 11) is 0. The molecule has 3 rings (SSSR count). The van der Waals surface area contributed by atoms with E-state index in [4.69, 9.17) is 0 Å². The molecular formula is C21H21N. The zero-order valence-corrected chi connectivity index (χ0v) is 13.0. The Morgan fingerprint density at radius 2 is 1.41 bits per heavy atom. The van der Waals surface area contributed by atoms with Crippen molar-refractivity contribution in [1.82, 2.24) is 4.98 Å². The summed E-state index contributed by atoms with van der Waals surface area (Å²) in [5.74, 6) is 12.9. The van der Waals surface area contributed by atoms with Crippen molar-refractivity contribution >= 4 is 0 Å². The first kappa shape index (κ1) is 14.7. The number of pyridine rings is 1. The van der Waals surface area contributed by atoms with Crippen molar-refractivity contribution in [2.75, 3.05) is 0 Å². The summed E-state index contributed by atoms with van der Waals surface area (Å²) in [5, 5.41) is 0. The Bertz CT molecular complexity index is 633. The molecule has 1 aromatic rings. The third-order valence-electron chi connectivity index (χ3n) is 4.06. The molecule has 0 fully saturated rings. The van der Waals surface area contributed by atoms with Gasteiger partial charge in [0, 0.05) is 11.8 Å². The smallest absolute Gasteiger partial charge is 0.113 e. The quantitative estimate of drug-likeness (QED) is 0.625. The summed E-state index contributed by atoms with van der Waals surface area (Å²) in [4.78, 5) is 4.40. The van der Waals surface area contributed by atoms with E-state index in [1.807, 2.05) is 18.3 Å². The predicted molar refractivity (Wildman–Crippen MR) is 91.1 cm³/mol. The minimum atomic E-state index is 0.828. The van der Waals surface area contributed by atoms with E-state index in [9.17, 15) is 0 Å². The summed E-state index contributed by atoms with van der Waals surface area (Å²) >= 11 is 0. The molecule has 2 aliphatic carbocycles. The third-order valence-corrected chi connectivity index (χ3v) is 4.06. The highest BCUT2D eigenvalue weighted by molar-refractivity contribution is 5.43. The van der Waals surface area contributed by atoms with Gasteiger partial charge in [-0.3, -0.25) is 0 Å². The number of hydrogen-bond donors (Lipinski definition) is 0. The molecule has 0 unspecified atom stereocenters. The van der Waals surface area contributed by atoms with Crippen LogP contribution in [0.25, 0.3) is 0 Å². The number of hydrogen-bond acceptors (Lipinski definition) is 1. The fourth-order valence-corrected chi connectivity index (χ4v) is 2.74. The van der Waals surface area contributed by atoms with Crippen LogP contribution in [-0.4, -0.2) is 4.98 Å². The lowest BCUT2D eigenvalue weighted by molar-refractivity contribution is 0.715. The minimum absolute atomic E-state index is 0.828. The average Bonchev–Trinajstić information content (AvgIpc) is 2.61. The zero-order valence-electron chi connectivity index (χ0n) is 13.0. The van der Waals surface area contributed by atoms with Crippen molar-refractivity contribution < 1.29 is 0 Å². The van der Waals surface area contributed by atoms with E-state index in [-0.39, 0.29) is 0 Å². The van der Waals surface area contributed by atoms with Gasteiger partial charge in [0.05, 0.1) is 0 Å². The predicted octanol–water partition coefficient (Wildman–Crippen LogP) is 4.79. The summed E-state index contributed by atoms with van der Waals surface area (Å²) < 4.78 is 0. The van der Waals surface area contributed by atoms with E-state index in [2.05, 4.69) is 40.8 Å². The van der Waals surface area contributed by atoms with Crippen molar-refractivity contribution in [3.8, 4) is 23.7 Å². The highest BCUT2D eigenvalue weighted by atomic mass is 14.7. The molecule has 0 saturated heterocycles. The van der Waals surface area contributed by atoms with Crippen LogP contribution in [0.3, 0.4) is 0 Å². The third kappa shape index (κ3) is 4.37. The van der Waals surface area contributed by atoms with E-state index in [0.29, 0.717) is 0 Å². The van der Waals surface area contributed by atoms with Gasteiger partial charge in [-0.25, -0.2) is 4.98 Å². The van der Waals surface area contributed by atoms with Crippen LogP contribution in [0.2, 0.25) is 0 Å². The van der Waals surface area contributed by atoms with Gasteiger partial charge < -0.3 is 0 Å². The van der Waals surface area contributed by atoms with Crippen LogP contribution in [0.1, 0.15) is 62.6 Å².